The van der Waals surface area contributed by atoms with E-state index < -0.39 is 0 Å². The lowest BCUT2D eigenvalue weighted by Crippen LogP contribution is -2.19. The van der Waals surface area contributed by atoms with E-state index in [9.17, 15) is 9.90 Å². The molecule has 0 amide bonds. The molecular formula is C18H24ClN3O3S. The van der Waals surface area contributed by atoms with E-state index in [2.05, 4.69) is 15.3 Å². The van der Waals surface area contributed by atoms with Gasteiger partial charge in [0.15, 0.2) is 0 Å². The van der Waals surface area contributed by atoms with E-state index >= 15 is 0 Å². The summed E-state index contributed by atoms with van der Waals surface area (Å²) in [4.78, 5) is 22.8. The first-order chi connectivity index (χ1) is 12.6. The number of carbonyl (C=O) groups is 1. The number of aliphatic hydroxyl groups is 2. The van der Waals surface area contributed by atoms with Crippen LogP contribution in [0.3, 0.4) is 0 Å². The molecule has 1 aliphatic rings. The van der Waals surface area contributed by atoms with Crippen LogP contribution in [0.4, 0.5) is 5.82 Å². The fraction of sp³-hybridized carbons (Fsp3) is 0.500. The number of carbonyl (C=O) groups excluding carboxylic acids is 1. The number of aromatic nitrogens is 2. The number of anilines is 1. The molecule has 2 atom stereocenters. The zero-order valence-electron chi connectivity index (χ0n) is 14.9. The summed E-state index contributed by atoms with van der Waals surface area (Å²) >= 11 is 7.35. The minimum atomic E-state index is -0.0840. The second-order valence-corrected chi connectivity index (χ2v) is 7.67. The lowest BCUT2D eigenvalue weighted by Gasteiger charge is -2.15. The maximum Gasteiger partial charge on any atom is 0.208 e. The predicted octanol–water partition coefficient (Wildman–Crippen LogP) is 3.00. The zero-order chi connectivity index (χ0) is 19.1. The summed E-state index contributed by atoms with van der Waals surface area (Å²) in [6, 6.07) is 2.08. The molecule has 8 heteroatoms. The van der Waals surface area contributed by atoms with E-state index in [1.54, 1.807) is 6.20 Å². The monoisotopic (exact) mass is 397 g/mol. The third kappa shape index (κ3) is 4.79. The van der Waals surface area contributed by atoms with Gasteiger partial charge in [0.2, 0.25) is 5.78 Å². The summed E-state index contributed by atoms with van der Waals surface area (Å²) in [7, 11) is 1.00. The molecule has 2 unspecified atom stereocenters. The van der Waals surface area contributed by atoms with Crippen LogP contribution in [0, 0.1) is 12.8 Å². The lowest BCUT2D eigenvalue weighted by atomic mass is 10.1. The van der Waals surface area contributed by atoms with Gasteiger partial charge < -0.3 is 15.5 Å². The number of thiophene rings is 1. The van der Waals surface area contributed by atoms with Crippen LogP contribution in [-0.4, -0.2) is 45.7 Å². The van der Waals surface area contributed by atoms with Crippen LogP contribution in [0.1, 0.15) is 44.9 Å². The van der Waals surface area contributed by atoms with Gasteiger partial charge in [0.05, 0.1) is 10.4 Å². The van der Waals surface area contributed by atoms with Gasteiger partial charge in [-0.3, -0.25) is 4.79 Å². The summed E-state index contributed by atoms with van der Waals surface area (Å²) in [5.74, 6) is 1.21. The van der Waals surface area contributed by atoms with Crippen molar-refractivity contribution in [1.82, 2.24) is 9.97 Å². The van der Waals surface area contributed by atoms with E-state index in [1.807, 2.05) is 13.0 Å². The molecule has 6 nitrogen and oxygen atoms in total. The standard InChI is InChI=1S/C17H20ClN3O2S.CH4O/c1-10-12(6-18)5-15(24-10)16(23)14-7-19-9-20-17(14)21-13-3-2-11(4-13)8-22;1-2/h5,7,9,11,13,22H,2-4,6,8H2,1H3,(H,19,20,21);2H,1H3. The molecule has 1 saturated carbocycles. The van der Waals surface area contributed by atoms with Crippen LogP contribution in [0.15, 0.2) is 18.6 Å². The van der Waals surface area contributed by atoms with Gasteiger partial charge in [-0.05, 0) is 43.7 Å². The molecular weight excluding hydrogens is 374 g/mol. The Labute approximate surface area is 162 Å². The van der Waals surface area contributed by atoms with Crippen LogP contribution in [0.5, 0.6) is 0 Å². The molecule has 0 aromatic carbocycles. The van der Waals surface area contributed by atoms with Crippen LogP contribution >= 0.6 is 22.9 Å². The summed E-state index contributed by atoms with van der Waals surface area (Å²) in [6.45, 7) is 2.18. The molecule has 1 fully saturated rings. The van der Waals surface area contributed by atoms with Gasteiger partial charge in [0.1, 0.15) is 12.1 Å². The van der Waals surface area contributed by atoms with E-state index in [1.165, 1.54) is 17.7 Å². The topological polar surface area (TPSA) is 95.3 Å². The number of hydrogen-bond donors (Lipinski definition) is 3. The Kier molecular flexibility index (Phi) is 7.96. The number of aliphatic hydroxyl groups excluding tert-OH is 2. The van der Waals surface area contributed by atoms with Crippen molar-refractivity contribution < 1.29 is 15.0 Å². The van der Waals surface area contributed by atoms with Gasteiger partial charge in [0, 0.05) is 36.7 Å². The minimum Gasteiger partial charge on any atom is -0.400 e. The Hall–Kier alpha value is -1.54. The highest BCUT2D eigenvalue weighted by Gasteiger charge is 2.26. The largest absolute Gasteiger partial charge is 0.400 e. The molecule has 0 saturated heterocycles. The maximum atomic E-state index is 12.9. The van der Waals surface area contributed by atoms with Gasteiger partial charge in [-0.15, -0.1) is 22.9 Å². The molecule has 3 N–H and O–H groups in total. The van der Waals surface area contributed by atoms with Crippen LogP contribution in [0.2, 0.25) is 0 Å². The second-order valence-electron chi connectivity index (χ2n) is 6.14. The van der Waals surface area contributed by atoms with Crippen molar-refractivity contribution in [3.05, 3.63) is 39.5 Å². The normalized spacial score (nSPS) is 19.0. The third-order valence-electron chi connectivity index (χ3n) is 4.49. The lowest BCUT2D eigenvalue weighted by molar-refractivity contribution is 0.104. The Balaban J connectivity index is 0.00000117. The molecule has 0 spiro atoms. The van der Waals surface area contributed by atoms with Crippen molar-refractivity contribution in [1.29, 1.82) is 0 Å². The number of hydrogen-bond acceptors (Lipinski definition) is 7. The molecule has 0 radical (unpaired) electrons. The molecule has 26 heavy (non-hydrogen) atoms. The van der Waals surface area contributed by atoms with Crippen molar-refractivity contribution in [2.24, 2.45) is 5.92 Å². The predicted molar refractivity (Wildman–Crippen MR) is 104 cm³/mol. The minimum absolute atomic E-state index is 0.0840. The molecule has 2 aromatic heterocycles. The summed E-state index contributed by atoms with van der Waals surface area (Å²) < 4.78 is 0. The fourth-order valence-electron chi connectivity index (χ4n) is 3.07. The van der Waals surface area contributed by atoms with Crippen molar-refractivity contribution in [2.45, 2.75) is 38.1 Å². The molecule has 2 heterocycles. The molecule has 142 valence electrons. The second kappa shape index (κ2) is 9.97. The quantitative estimate of drug-likeness (QED) is 0.512. The highest BCUT2D eigenvalue weighted by atomic mass is 35.5. The molecule has 0 bridgehead atoms. The number of nitrogens with one attached hydrogen (secondary N) is 1. The van der Waals surface area contributed by atoms with Crippen molar-refractivity contribution >= 4 is 34.5 Å². The summed E-state index contributed by atoms with van der Waals surface area (Å²) in [5, 5.41) is 19.6. The smallest absolute Gasteiger partial charge is 0.208 e. The summed E-state index contributed by atoms with van der Waals surface area (Å²) in [6.07, 6.45) is 5.86. The van der Waals surface area contributed by atoms with Crippen LogP contribution in [-0.2, 0) is 5.88 Å². The number of aryl methyl sites for hydroxylation is 1. The van der Waals surface area contributed by atoms with Gasteiger partial charge in [0.25, 0.3) is 0 Å². The number of halogens is 1. The van der Waals surface area contributed by atoms with Gasteiger partial charge in [-0.1, -0.05) is 0 Å². The Bertz CT molecular complexity index is 738. The first kappa shape index (κ1) is 20.8. The summed E-state index contributed by atoms with van der Waals surface area (Å²) in [5.41, 5.74) is 1.46. The zero-order valence-corrected chi connectivity index (χ0v) is 16.5. The highest BCUT2D eigenvalue weighted by Crippen LogP contribution is 2.30. The van der Waals surface area contributed by atoms with Crippen molar-refractivity contribution in [3.63, 3.8) is 0 Å². The number of nitrogens with zero attached hydrogens (tertiary/aromatic N) is 2. The average Bonchev–Trinajstić information content (AvgIpc) is 3.29. The molecule has 2 aromatic rings. The van der Waals surface area contributed by atoms with Crippen molar-refractivity contribution in [2.75, 3.05) is 19.0 Å². The number of rotatable bonds is 6. The van der Waals surface area contributed by atoms with E-state index in [0.29, 0.717) is 28.1 Å². The van der Waals surface area contributed by atoms with Crippen molar-refractivity contribution in [3.8, 4) is 0 Å². The van der Waals surface area contributed by atoms with Crippen LogP contribution < -0.4 is 5.32 Å². The van der Waals surface area contributed by atoms with Gasteiger partial charge in [-0.25, -0.2) is 9.97 Å². The Morgan fingerprint density at radius 3 is 2.81 bits per heavy atom. The SMILES string of the molecule is CO.Cc1sc(C(=O)c2cncnc2NC2CCC(CO)C2)cc1CCl. The highest BCUT2D eigenvalue weighted by molar-refractivity contribution is 7.14. The van der Waals surface area contributed by atoms with E-state index in [0.717, 1.165) is 36.8 Å². The maximum absolute atomic E-state index is 12.9. The first-order valence-electron chi connectivity index (χ1n) is 8.44. The molecule has 1 aliphatic carbocycles. The first-order valence-corrected chi connectivity index (χ1v) is 9.79. The molecule has 0 aliphatic heterocycles. The fourth-order valence-corrected chi connectivity index (χ4v) is 4.43. The Morgan fingerprint density at radius 1 is 1.42 bits per heavy atom. The third-order valence-corrected chi connectivity index (χ3v) is 5.86. The van der Waals surface area contributed by atoms with E-state index in [4.69, 9.17) is 16.7 Å². The van der Waals surface area contributed by atoms with E-state index in [-0.39, 0.29) is 18.4 Å². The average molecular weight is 398 g/mol. The Morgan fingerprint density at radius 2 is 2.19 bits per heavy atom. The van der Waals surface area contributed by atoms with Gasteiger partial charge >= 0.3 is 0 Å². The number of ketones is 1. The van der Waals surface area contributed by atoms with Crippen LogP contribution in [0.25, 0.3) is 0 Å². The number of alkyl halides is 1. The van der Waals surface area contributed by atoms with Gasteiger partial charge in [-0.2, -0.15) is 0 Å². The molecule has 3 rings (SSSR count).